The lowest BCUT2D eigenvalue weighted by Crippen LogP contribution is -2.64. The molecule has 2 atom stereocenters. The van der Waals surface area contributed by atoms with Gasteiger partial charge in [0.1, 0.15) is 5.75 Å². The van der Waals surface area contributed by atoms with Crippen LogP contribution in [0.2, 0.25) is 0 Å². The highest BCUT2D eigenvalue weighted by Crippen LogP contribution is 2.44. The highest BCUT2D eigenvalue weighted by Gasteiger charge is 2.47. The highest BCUT2D eigenvalue weighted by atomic mass is 79.9. The van der Waals surface area contributed by atoms with Crippen LogP contribution in [0.4, 0.5) is 0 Å². The molecule has 2 heterocycles. The maximum absolute atomic E-state index is 6.39. The van der Waals surface area contributed by atoms with Crippen molar-refractivity contribution in [2.45, 2.75) is 31.5 Å². The minimum Gasteiger partial charge on any atom is -0.468 e. The molecule has 2 aromatic rings. The maximum Gasteiger partial charge on any atom is 0.184 e. The van der Waals surface area contributed by atoms with Gasteiger partial charge in [0.15, 0.2) is 10.8 Å². The van der Waals surface area contributed by atoms with Crippen LogP contribution in [0.5, 0.6) is 5.75 Å². The van der Waals surface area contributed by atoms with Gasteiger partial charge in [-0.25, -0.2) is 0 Å². The van der Waals surface area contributed by atoms with Gasteiger partial charge < -0.3 is 15.0 Å². The van der Waals surface area contributed by atoms with E-state index in [1.165, 1.54) is 11.1 Å². The van der Waals surface area contributed by atoms with Gasteiger partial charge in [0.05, 0.1) is 6.04 Å². The number of nitrogens with zero attached hydrogens (tertiary/aromatic N) is 1. The van der Waals surface area contributed by atoms with Crippen LogP contribution in [0.3, 0.4) is 0 Å². The molecule has 24 heavy (non-hydrogen) atoms. The Bertz CT molecular complexity index is 782. The fourth-order valence-electron chi connectivity index (χ4n) is 3.61. The molecular weight excluding hydrogens is 384 g/mol. The van der Waals surface area contributed by atoms with Gasteiger partial charge >= 0.3 is 0 Å². The van der Waals surface area contributed by atoms with E-state index < -0.39 is 5.72 Å². The lowest BCUT2D eigenvalue weighted by Gasteiger charge is -2.52. The molecule has 2 aliphatic rings. The van der Waals surface area contributed by atoms with Crippen LogP contribution in [-0.2, 0) is 6.42 Å². The molecule has 0 aliphatic carbocycles. The molecule has 1 N–H and O–H groups in total. The summed E-state index contributed by atoms with van der Waals surface area (Å²) in [6.07, 6.45) is 1.82. The Morgan fingerprint density at radius 3 is 2.88 bits per heavy atom. The quantitative estimate of drug-likeness (QED) is 0.767. The number of fused-ring (bicyclic) bond motifs is 4. The van der Waals surface area contributed by atoms with Crippen LogP contribution in [0, 0.1) is 0 Å². The molecule has 1 fully saturated rings. The molecule has 0 saturated carbocycles. The fourth-order valence-corrected chi connectivity index (χ4v) is 4.42. The zero-order valence-electron chi connectivity index (χ0n) is 13.5. The van der Waals surface area contributed by atoms with E-state index in [1.54, 1.807) is 0 Å². The van der Waals surface area contributed by atoms with Crippen molar-refractivity contribution in [3.63, 3.8) is 0 Å². The number of hydrogen-bond donors (Lipinski definition) is 1. The predicted octanol–water partition coefficient (Wildman–Crippen LogP) is 4.42. The summed E-state index contributed by atoms with van der Waals surface area (Å²) in [5, 5.41) is 4.27. The molecule has 2 aliphatic heterocycles. The average molecular weight is 403 g/mol. The van der Waals surface area contributed by atoms with E-state index in [2.05, 4.69) is 63.4 Å². The standard InChI is InChI=1S/C19H19BrN2OS/c1-19-12-16(15-11-14(20)7-8-17(15)23-19)21-18(24)22(19)10-9-13-5-3-2-4-6-13/h2-8,11,16H,9-10,12H2,1H3,(H,21,24). The summed E-state index contributed by atoms with van der Waals surface area (Å²) in [4.78, 5) is 2.19. The Balaban J connectivity index is 1.59. The van der Waals surface area contributed by atoms with E-state index in [-0.39, 0.29) is 6.04 Å². The van der Waals surface area contributed by atoms with Gasteiger partial charge in [-0.15, -0.1) is 0 Å². The lowest BCUT2D eigenvalue weighted by atomic mass is 9.90. The Hall–Kier alpha value is -1.59. The second-order valence-corrected chi connectivity index (χ2v) is 7.86. The number of benzene rings is 2. The second-order valence-electron chi connectivity index (χ2n) is 6.55. The normalized spacial score (nSPS) is 24.8. The second kappa shape index (κ2) is 6.05. The number of thiocarbonyl (C=S) groups is 1. The first-order valence-corrected chi connectivity index (χ1v) is 9.36. The molecule has 124 valence electrons. The molecule has 0 radical (unpaired) electrons. The van der Waals surface area contributed by atoms with Crippen LogP contribution in [0.25, 0.3) is 0 Å². The number of nitrogens with one attached hydrogen (secondary N) is 1. The Morgan fingerprint density at radius 1 is 1.29 bits per heavy atom. The first kappa shape index (κ1) is 15.9. The van der Waals surface area contributed by atoms with Crippen LogP contribution in [0.15, 0.2) is 53.0 Å². The molecule has 1 saturated heterocycles. The molecule has 0 amide bonds. The lowest BCUT2D eigenvalue weighted by molar-refractivity contribution is -0.0676. The molecule has 2 unspecified atom stereocenters. The number of ether oxygens (including phenoxy) is 1. The third-order valence-electron chi connectivity index (χ3n) is 4.84. The number of rotatable bonds is 3. The van der Waals surface area contributed by atoms with Gasteiger partial charge in [0.2, 0.25) is 0 Å². The maximum atomic E-state index is 6.39. The molecule has 2 aromatic carbocycles. The van der Waals surface area contributed by atoms with Gasteiger partial charge in [0, 0.05) is 23.0 Å². The molecule has 2 bridgehead atoms. The average Bonchev–Trinajstić information content (AvgIpc) is 2.56. The monoisotopic (exact) mass is 402 g/mol. The van der Waals surface area contributed by atoms with Crippen LogP contribution < -0.4 is 10.1 Å². The van der Waals surface area contributed by atoms with E-state index >= 15 is 0 Å². The molecule has 4 rings (SSSR count). The van der Waals surface area contributed by atoms with Crippen molar-refractivity contribution < 1.29 is 4.74 Å². The number of halogens is 1. The first-order chi connectivity index (χ1) is 11.5. The summed E-state index contributed by atoms with van der Waals surface area (Å²) in [5.74, 6) is 0.941. The van der Waals surface area contributed by atoms with Gasteiger partial charge in [-0.2, -0.15) is 0 Å². The van der Waals surface area contributed by atoms with Crippen molar-refractivity contribution in [3.05, 3.63) is 64.1 Å². The Kier molecular flexibility index (Phi) is 4.01. The summed E-state index contributed by atoms with van der Waals surface area (Å²) < 4.78 is 7.46. The summed E-state index contributed by atoms with van der Waals surface area (Å²) in [6, 6.07) is 16.9. The van der Waals surface area contributed by atoms with Gasteiger partial charge in [0.25, 0.3) is 0 Å². The van der Waals surface area contributed by atoms with Crippen molar-refractivity contribution in [3.8, 4) is 5.75 Å². The Morgan fingerprint density at radius 2 is 2.08 bits per heavy atom. The largest absolute Gasteiger partial charge is 0.468 e. The predicted molar refractivity (Wildman–Crippen MR) is 103 cm³/mol. The van der Waals surface area contributed by atoms with Crippen LogP contribution in [-0.4, -0.2) is 22.3 Å². The molecule has 5 heteroatoms. The van der Waals surface area contributed by atoms with Crippen molar-refractivity contribution in [2.24, 2.45) is 0 Å². The Labute approximate surface area is 156 Å². The fraction of sp³-hybridized carbons (Fsp3) is 0.316. The first-order valence-electron chi connectivity index (χ1n) is 8.16. The van der Waals surface area contributed by atoms with Crippen LogP contribution >= 0.6 is 28.1 Å². The van der Waals surface area contributed by atoms with Crippen molar-refractivity contribution in [2.75, 3.05) is 6.54 Å². The highest BCUT2D eigenvalue weighted by molar-refractivity contribution is 9.10. The SMILES string of the molecule is CC12CC(NC(=S)N1CCc1ccccc1)c1cc(Br)ccc1O2. The minimum atomic E-state index is -0.400. The van der Waals surface area contributed by atoms with Gasteiger partial charge in [-0.05, 0) is 49.3 Å². The topological polar surface area (TPSA) is 24.5 Å². The van der Waals surface area contributed by atoms with E-state index in [4.69, 9.17) is 17.0 Å². The zero-order chi connectivity index (χ0) is 16.7. The third kappa shape index (κ3) is 2.80. The minimum absolute atomic E-state index is 0.205. The van der Waals surface area contributed by atoms with E-state index in [0.717, 1.165) is 34.7 Å². The van der Waals surface area contributed by atoms with E-state index in [0.29, 0.717) is 0 Å². The molecule has 3 nitrogen and oxygen atoms in total. The van der Waals surface area contributed by atoms with Gasteiger partial charge in [-0.1, -0.05) is 46.3 Å². The summed E-state index contributed by atoms with van der Waals surface area (Å²) >= 11 is 9.20. The van der Waals surface area contributed by atoms with Gasteiger partial charge in [-0.3, -0.25) is 0 Å². The zero-order valence-corrected chi connectivity index (χ0v) is 15.9. The summed E-state index contributed by atoms with van der Waals surface area (Å²) in [6.45, 7) is 2.98. The van der Waals surface area contributed by atoms with Crippen molar-refractivity contribution >= 4 is 33.3 Å². The number of hydrogen-bond acceptors (Lipinski definition) is 2. The van der Waals surface area contributed by atoms with Crippen molar-refractivity contribution in [1.82, 2.24) is 10.2 Å². The van der Waals surface area contributed by atoms with Crippen molar-refractivity contribution in [1.29, 1.82) is 0 Å². The smallest absolute Gasteiger partial charge is 0.184 e. The summed E-state index contributed by atoms with van der Waals surface area (Å²) in [5.41, 5.74) is 2.08. The third-order valence-corrected chi connectivity index (χ3v) is 5.67. The molecule has 0 aromatic heterocycles. The van der Waals surface area contributed by atoms with Crippen LogP contribution in [0.1, 0.15) is 30.5 Å². The van der Waals surface area contributed by atoms with E-state index in [1.807, 2.05) is 18.2 Å². The molecule has 0 spiro atoms. The van der Waals surface area contributed by atoms with E-state index in [9.17, 15) is 0 Å². The summed E-state index contributed by atoms with van der Waals surface area (Å²) in [7, 11) is 0. The molecular formula is C19H19BrN2OS.